The zero-order valence-corrected chi connectivity index (χ0v) is 12.3. The number of hydrogen-bond donors (Lipinski definition) is 1. The minimum atomic E-state index is -0.376. The van der Waals surface area contributed by atoms with E-state index < -0.39 is 0 Å². The van der Waals surface area contributed by atoms with Gasteiger partial charge in [0.2, 0.25) is 0 Å². The van der Waals surface area contributed by atoms with E-state index in [1.54, 1.807) is 0 Å². The van der Waals surface area contributed by atoms with Crippen molar-refractivity contribution >= 4 is 11.6 Å². The molecular weight excluding hydrogens is 264 g/mol. The Hall–Kier alpha value is -1.71. The molecule has 1 saturated carbocycles. The molecule has 1 saturated heterocycles. The standard InChI is InChI=1S/C17H22N2O2/c20-17(19-10-4-6-12-5-3-8-14(12)19)16-11-18-13-7-1-2-9-15(13)21-16/h1-2,7,9,12,14,16,18H,3-6,8,10-11H2. The minimum absolute atomic E-state index is 0.175. The first-order valence-electron chi connectivity index (χ1n) is 8.13. The van der Waals surface area contributed by atoms with Crippen LogP contribution in [0.1, 0.15) is 32.1 Å². The number of nitrogens with one attached hydrogen (secondary N) is 1. The van der Waals surface area contributed by atoms with Crippen molar-refractivity contribution in [3.05, 3.63) is 24.3 Å². The Morgan fingerprint density at radius 3 is 3.00 bits per heavy atom. The summed E-state index contributed by atoms with van der Waals surface area (Å²) in [7, 11) is 0. The lowest BCUT2D eigenvalue weighted by Crippen LogP contribution is -2.53. The highest BCUT2D eigenvalue weighted by Gasteiger charge is 2.40. The van der Waals surface area contributed by atoms with Crippen LogP contribution in [0.25, 0.3) is 0 Å². The molecule has 2 aliphatic heterocycles. The van der Waals surface area contributed by atoms with E-state index in [2.05, 4.69) is 10.2 Å². The summed E-state index contributed by atoms with van der Waals surface area (Å²) in [6, 6.07) is 8.30. The van der Waals surface area contributed by atoms with Crippen molar-refractivity contribution < 1.29 is 9.53 Å². The van der Waals surface area contributed by atoms with Gasteiger partial charge in [-0.05, 0) is 43.7 Å². The van der Waals surface area contributed by atoms with Crippen molar-refractivity contribution in [2.45, 2.75) is 44.2 Å². The summed E-state index contributed by atoms with van der Waals surface area (Å²) in [5.41, 5.74) is 0.985. The third-order valence-corrected chi connectivity index (χ3v) is 5.19. The number of ether oxygens (including phenoxy) is 1. The molecule has 3 aliphatic rings. The predicted octanol–water partition coefficient (Wildman–Crippen LogP) is 2.65. The van der Waals surface area contributed by atoms with Crippen molar-refractivity contribution in [3.63, 3.8) is 0 Å². The largest absolute Gasteiger partial charge is 0.477 e. The molecule has 1 aliphatic carbocycles. The number of nitrogens with zero attached hydrogens (tertiary/aromatic N) is 1. The highest BCUT2D eigenvalue weighted by atomic mass is 16.5. The molecule has 1 amide bonds. The Kier molecular flexibility index (Phi) is 3.24. The Morgan fingerprint density at radius 1 is 1.19 bits per heavy atom. The van der Waals surface area contributed by atoms with Crippen LogP contribution >= 0.6 is 0 Å². The van der Waals surface area contributed by atoms with Gasteiger partial charge >= 0.3 is 0 Å². The van der Waals surface area contributed by atoms with Crippen LogP contribution in [0.4, 0.5) is 5.69 Å². The summed E-state index contributed by atoms with van der Waals surface area (Å²) in [6.07, 6.45) is 5.80. The lowest BCUT2D eigenvalue weighted by atomic mass is 9.91. The van der Waals surface area contributed by atoms with Crippen LogP contribution in [-0.2, 0) is 4.79 Å². The fourth-order valence-corrected chi connectivity index (χ4v) is 4.16. The lowest BCUT2D eigenvalue weighted by Gasteiger charge is -2.40. The molecule has 3 atom stereocenters. The predicted molar refractivity (Wildman–Crippen MR) is 81.4 cm³/mol. The molecule has 4 rings (SSSR count). The van der Waals surface area contributed by atoms with Gasteiger partial charge in [0.15, 0.2) is 6.10 Å². The summed E-state index contributed by atoms with van der Waals surface area (Å²) in [5, 5.41) is 3.32. The molecule has 0 bridgehead atoms. The summed E-state index contributed by atoms with van der Waals surface area (Å²) < 4.78 is 5.94. The van der Waals surface area contributed by atoms with Crippen LogP contribution in [-0.4, -0.2) is 36.0 Å². The molecule has 1 N–H and O–H groups in total. The topological polar surface area (TPSA) is 41.6 Å². The molecule has 3 unspecified atom stereocenters. The number of carbonyl (C=O) groups is 1. The second-order valence-electron chi connectivity index (χ2n) is 6.42. The van der Waals surface area contributed by atoms with E-state index >= 15 is 0 Å². The zero-order chi connectivity index (χ0) is 14.2. The zero-order valence-electron chi connectivity index (χ0n) is 12.3. The van der Waals surface area contributed by atoms with E-state index in [0.29, 0.717) is 12.6 Å². The first-order valence-corrected chi connectivity index (χ1v) is 8.13. The second kappa shape index (κ2) is 5.24. The molecule has 0 radical (unpaired) electrons. The normalized spacial score (nSPS) is 30.9. The van der Waals surface area contributed by atoms with Crippen molar-refractivity contribution in [3.8, 4) is 5.75 Å². The first kappa shape index (κ1) is 13.0. The van der Waals surface area contributed by atoms with Crippen LogP contribution in [0.2, 0.25) is 0 Å². The van der Waals surface area contributed by atoms with Gasteiger partial charge in [-0.1, -0.05) is 18.6 Å². The number of carbonyl (C=O) groups excluding carboxylic acids is 1. The van der Waals surface area contributed by atoms with Crippen molar-refractivity contribution in [1.29, 1.82) is 0 Å². The maximum atomic E-state index is 12.9. The first-order chi connectivity index (χ1) is 10.3. The third-order valence-electron chi connectivity index (χ3n) is 5.19. The van der Waals surface area contributed by atoms with Crippen LogP contribution in [0, 0.1) is 5.92 Å². The van der Waals surface area contributed by atoms with Crippen molar-refractivity contribution in [2.24, 2.45) is 5.92 Å². The molecule has 1 aromatic rings. The number of rotatable bonds is 1. The van der Waals surface area contributed by atoms with Gasteiger partial charge in [0.1, 0.15) is 5.75 Å². The van der Waals surface area contributed by atoms with Crippen molar-refractivity contribution in [1.82, 2.24) is 4.90 Å². The van der Waals surface area contributed by atoms with Gasteiger partial charge in [0.25, 0.3) is 5.91 Å². The molecule has 2 heterocycles. The van der Waals surface area contributed by atoms with Gasteiger partial charge < -0.3 is 15.0 Å². The van der Waals surface area contributed by atoms with Gasteiger partial charge in [0, 0.05) is 12.6 Å². The average molecular weight is 286 g/mol. The van der Waals surface area contributed by atoms with Gasteiger partial charge in [-0.2, -0.15) is 0 Å². The number of hydrogen-bond acceptors (Lipinski definition) is 3. The van der Waals surface area contributed by atoms with E-state index in [1.807, 2.05) is 24.3 Å². The Morgan fingerprint density at radius 2 is 2.05 bits per heavy atom. The van der Waals surface area contributed by atoms with E-state index in [0.717, 1.165) is 30.3 Å². The Balaban J connectivity index is 1.50. The highest BCUT2D eigenvalue weighted by molar-refractivity contribution is 5.83. The second-order valence-corrected chi connectivity index (χ2v) is 6.42. The lowest BCUT2D eigenvalue weighted by molar-refractivity contribution is -0.143. The fourth-order valence-electron chi connectivity index (χ4n) is 4.16. The number of anilines is 1. The SMILES string of the molecule is O=C(C1CNc2ccccc2O1)N1CCCC2CCCC21. The van der Waals surface area contributed by atoms with Crippen LogP contribution in [0.5, 0.6) is 5.75 Å². The number of para-hydroxylation sites is 2. The number of benzene rings is 1. The van der Waals surface area contributed by atoms with Crippen LogP contribution in [0.15, 0.2) is 24.3 Å². The average Bonchev–Trinajstić information content (AvgIpc) is 3.02. The van der Waals surface area contributed by atoms with Gasteiger partial charge in [0.05, 0.1) is 12.2 Å². The molecule has 112 valence electrons. The number of likely N-dealkylation sites (tertiary alicyclic amines) is 1. The summed E-state index contributed by atoms with van der Waals surface area (Å²) in [6.45, 7) is 1.48. The maximum absolute atomic E-state index is 12.9. The Labute approximate surface area is 125 Å². The van der Waals surface area contributed by atoms with E-state index in [4.69, 9.17) is 4.74 Å². The number of amides is 1. The van der Waals surface area contributed by atoms with E-state index in [-0.39, 0.29) is 12.0 Å². The van der Waals surface area contributed by atoms with Crippen molar-refractivity contribution in [2.75, 3.05) is 18.4 Å². The molecule has 0 spiro atoms. The molecule has 1 aromatic carbocycles. The van der Waals surface area contributed by atoms with E-state index in [9.17, 15) is 4.79 Å². The maximum Gasteiger partial charge on any atom is 0.265 e. The van der Waals surface area contributed by atoms with Gasteiger partial charge in [-0.25, -0.2) is 0 Å². The smallest absolute Gasteiger partial charge is 0.265 e. The van der Waals surface area contributed by atoms with Gasteiger partial charge in [-0.15, -0.1) is 0 Å². The summed E-state index contributed by atoms with van der Waals surface area (Å²) >= 11 is 0. The molecule has 4 heteroatoms. The number of piperidine rings is 1. The third kappa shape index (κ3) is 2.27. The number of fused-ring (bicyclic) bond motifs is 2. The summed E-state index contributed by atoms with van der Waals surface area (Å²) in [5.74, 6) is 1.70. The Bertz CT molecular complexity index is 545. The monoisotopic (exact) mass is 286 g/mol. The molecule has 2 fully saturated rings. The van der Waals surface area contributed by atoms with Gasteiger partial charge in [-0.3, -0.25) is 4.79 Å². The molecular formula is C17H22N2O2. The van der Waals surface area contributed by atoms with E-state index in [1.165, 1.54) is 25.7 Å². The summed E-state index contributed by atoms with van der Waals surface area (Å²) in [4.78, 5) is 15.0. The molecule has 21 heavy (non-hydrogen) atoms. The van der Waals surface area contributed by atoms with Crippen LogP contribution < -0.4 is 10.1 Å². The highest BCUT2D eigenvalue weighted by Crippen LogP contribution is 2.37. The molecule has 4 nitrogen and oxygen atoms in total. The molecule has 0 aromatic heterocycles. The minimum Gasteiger partial charge on any atom is -0.477 e. The quantitative estimate of drug-likeness (QED) is 0.863. The van der Waals surface area contributed by atoms with Crippen LogP contribution in [0.3, 0.4) is 0 Å². The fraction of sp³-hybridized carbons (Fsp3) is 0.588.